The summed E-state index contributed by atoms with van der Waals surface area (Å²) < 4.78 is 27.7. The molecular formula is C27H36O11. The molecule has 0 aromatic heterocycles. The van der Waals surface area contributed by atoms with E-state index in [1.807, 2.05) is 0 Å². The van der Waals surface area contributed by atoms with Crippen LogP contribution in [-0.2, 0) is 47.7 Å². The van der Waals surface area contributed by atoms with Gasteiger partial charge in [0.2, 0.25) is 0 Å². The van der Waals surface area contributed by atoms with E-state index < -0.39 is 77.1 Å². The van der Waals surface area contributed by atoms with Crippen molar-refractivity contribution >= 4 is 29.8 Å². The van der Waals surface area contributed by atoms with Crippen molar-refractivity contribution in [3.05, 3.63) is 23.8 Å². The Morgan fingerprint density at radius 2 is 1.53 bits per heavy atom. The average molecular weight is 537 g/mol. The van der Waals surface area contributed by atoms with Gasteiger partial charge in [0.15, 0.2) is 11.7 Å². The van der Waals surface area contributed by atoms with Crippen molar-refractivity contribution in [2.45, 2.75) is 90.3 Å². The summed E-state index contributed by atoms with van der Waals surface area (Å²) in [5.74, 6) is -5.58. The van der Waals surface area contributed by atoms with E-state index in [9.17, 15) is 29.1 Å². The first-order valence-corrected chi connectivity index (χ1v) is 12.6. The highest BCUT2D eigenvalue weighted by Gasteiger charge is 2.67. The summed E-state index contributed by atoms with van der Waals surface area (Å²) in [6.45, 7) is 11.0. The molecule has 0 aromatic carbocycles. The first-order valence-electron chi connectivity index (χ1n) is 12.6. The smallest absolute Gasteiger partial charge is 0.333 e. The van der Waals surface area contributed by atoms with Crippen molar-refractivity contribution in [2.75, 3.05) is 7.11 Å². The lowest BCUT2D eigenvalue weighted by molar-refractivity contribution is -0.219. The summed E-state index contributed by atoms with van der Waals surface area (Å²) in [7, 11) is 1.18. The van der Waals surface area contributed by atoms with Crippen LogP contribution in [0.15, 0.2) is 23.8 Å². The molecule has 0 amide bonds. The zero-order chi connectivity index (χ0) is 28.6. The second-order valence-corrected chi connectivity index (χ2v) is 10.5. The van der Waals surface area contributed by atoms with E-state index in [2.05, 4.69) is 6.58 Å². The number of hydrogen-bond donors (Lipinski definition) is 1. The molecule has 2 aliphatic carbocycles. The van der Waals surface area contributed by atoms with E-state index in [4.69, 9.17) is 23.7 Å². The number of hydrogen-bond acceptors (Lipinski definition) is 11. The molecule has 8 atom stereocenters. The van der Waals surface area contributed by atoms with Gasteiger partial charge in [-0.1, -0.05) is 19.1 Å². The zero-order valence-electron chi connectivity index (χ0n) is 22.6. The largest absolute Gasteiger partial charge is 0.466 e. The number of ether oxygens (including phenoxy) is 5. The van der Waals surface area contributed by atoms with Crippen LogP contribution in [0, 0.1) is 17.3 Å². The summed E-state index contributed by atoms with van der Waals surface area (Å²) >= 11 is 0. The minimum atomic E-state index is -2.16. The highest BCUT2D eigenvalue weighted by molar-refractivity contribution is 5.89. The number of esters is 5. The van der Waals surface area contributed by atoms with Crippen LogP contribution in [0.25, 0.3) is 0 Å². The van der Waals surface area contributed by atoms with Crippen molar-refractivity contribution in [1.29, 1.82) is 0 Å². The molecule has 0 radical (unpaired) electrons. The minimum absolute atomic E-state index is 0.0168. The number of fused-ring (bicyclic) bond motifs is 2. The summed E-state index contributed by atoms with van der Waals surface area (Å²) in [6.07, 6.45) is -2.59. The van der Waals surface area contributed by atoms with E-state index in [0.29, 0.717) is 18.4 Å². The number of carbonyl (C=O) groups is 5. The topological polar surface area (TPSA) is 152 Å². The minimum Gasteiger partial charge on any atom is -0.466 e. The molecule has 3 aliphatic rings. The van der Waals surface area contributed by atoms with Gasteiger partial charge in [0, 0.05) is 32.3 Å². The lowest BCUT2D eigenvalue weighted by Gasteiger charge is -2.55. The maximum absolute atomic E-state index is 12.8. The lowest BCUT2D eigenvalue weighted by atomic mass is 9.55. The fourth-order valence-electron chi connectivity index (χ4n) is 6.25. The van der Waals surface area contributed by atoms with Crippen LogP contribution in [0.5, 0.6) is 0 Å². The van der Waals surface area contributed by atoms with E-state index in [-0.39, 0.29) is 18.4 Å². The van der Waals surface area contributed by atoms with Crippen molar-refractivity contribution in [3.8, 4) is 0 Å². The fourth-order valence-corrected chi connectivity index (χ4v) is 6.25. The summed E-state index contributed by atoms with van der Waals surface area (Å²) in [5.41, 5.74) is -2.84. The van der Waals surface area contributed by atoms with Crippen molar-refractivity contribution in [3.63, 3.8) is 0 Å². The molecule has 1 aliphatic heterocycles. The molecule has 0 bridgehead atoms. The fraction of sp³-hybridized carbons (Fsp3) is 0.667. The normalized spacial score (nSPS) is 38.3. The Morgan fingerprint density at radius 3 is 2.03 bits per heavy atom. The van der Waals surface area contributed by atoms with Gasteiger partial charge >= 0.3 is 29.8 Å². The third-order valence-electron chi connectivity index (χ3n) is 8.12. The monoisotopic (exact) mass is 536 g/mol. The van der Waals surface area contributed by atoms with Gasteiger partial charge in [-0.15, -0.1) is 0 Å². The summed E-state index contributed by atoms with van der Waals surface area (Å²) in [6, 6.07) is 0. The van der Waals surface area contributed by atoms with Crippen LogP contribution in [0.3, 0.4) is 0 Å². The van der Waals surface area contributed by atoms with E-state index in [1.54, 1.807) is 6.92 Å². The van der Waals surface area contributed by atoms with Gasteiger partial charge in [-0.05, 0) is 38.7 Å². The molecule has 210 valence electrons. The standard InChI is InChI=1S/C27H36O11/c1-13-8-10-19(35-15(3)28)26(6)20(36-16(4)29)11-9-18(25(32)34-7)12-21-27(33,14(2)24(31)38-21)23(22(13)26)37-17(5)30/h12,14,19-23,33H,1,8-11H2,2-7H3/b18-12+/t14-,19-,20-,21-,22+,23-,26+,27-/m0/s1. The molecule has 11 heteroatoms. The van der Waals surface area contributed by atoms with Crippen LogP contribution in [0.2, 0.25) is 0 Å². The number of carbonyl (C=O) groups excluding carboxylic acids is 5. The molecule has 1 heterocycles. The van der Waals surface area contributed by atoms with Crippen molar-refractivity contribution < 1.29 is 52.8 Å². The third kappa shape index (κ3) is 5.08. The highest BCUT2D eigenvalue weighted by atomic mass is 16.6. The molecule has 1 saturated carbocycles. The second-order valence-electron chi connectivity index (χ2n) is 10.5. The Morgan fingerprint density at radius 1 is 1.00 bits per heavy atom. The first-order chi connectivity index (χ1) is 17.7. The predicted molar refractivity (Wildman–Crippen MR) is 130 cm³/mol. The molecule has 0 unspecified atom stereocenters. The Bertz CT molecular complexity index is 1060. The van der Waals surface area contributed by atoms with Gasteiger partial charge in [0.05, 0.1) is 18.4 Å². The Balaban J connectivity index is 2.38. The molecule has 1 N–H and O–H groups in total. The predicted octanol–water partition coefficient (Wildman–Crippen LogP) is 1.94. The van der Waals surface area contributed by atoms with Gasteiger partial charge in [0.25, 0.3) is 0 Å². The quantitative estimate of drug-likeness (QED) is 0.319. The zero-order valence-corrected chi connectivity index (χ0v) is 22.6. The molecule has 11 nitrogen and oxygen atoms in total. The van der Waals surface area contributed by atoms with E-state index in [1.165, 1.54) is 34.0 Å². The molecule has 2 fully saturated rings. The van der Waals surface area contributed by atoms with Gasteiger partial charge in [0.1, 0.15) is 18.3 Å². The van der Waals surface area contributed by atoms with Crippen LogP contribution >= 0.6 is 0 Å². The number of methoxy groups -OCH3 is 1. The van der Waals surface area contributed by atoms with Crippen LogP contribution in [-0.4, -0.2) is 72.1 Å². The van der Waals surface area contributed by atoms with E-state index >= 15 is 0 Å². The highest BCUT2D eigenvalue weighted by Crippen LogP contribution is 2.56. The van der Waals surface area contributed by atoms with Gasteiger partial charge in [-0.25, -0.2) is 4.79 Å². The maximum Gasteiger partial charge on any atom is 0.333 e. The Kier molecular flexibility index (Phi) is 8.40. The Hall–Kier alpha value is -3.21. The molecule has 1 saturated heterocycles. The van der Waals surface area contributed by atoms with Crippen LogP contribution in [0.4, 0.5) is 0 Å². The third-order valence-corrected chi connectivity index (χ3v) is 8.12. The van der Waals surface area contributed by atoms with Crippen LogP contribution in [0.1, 0.15) is 60.3 Å². The number of rotatable bonds is 4. The SMILES string of the molecule is C=C1CC[C@H](OC(C)=O)[C@]2(C)[C@@H](OC(C)=O)CC/C(C(=O)OC)=C\[C@@H]3OC(=O)[C@H](C)[C@@]3(O)[C@@H](OC(C)=O)[C@@H]12. The Labute approximate surface area is 221 Å². The van der Waals surface area contributed by atoms with Gasteiger partial charge in [-0.3, -0.25) is 19.2 Å². The molecule has 3 rings (SSSR count). The lowest BCUT2D eigenvalue weighted by Crippen LogP contribution is -2.65. The second kappa shape index (κ2) is 10.9. The van der Waals surface area contributed by atoms with Crippen molar-refractivity contribution in [2.24, 2.45) is 17.3 Å². The molecule has 0 aromatic rings. The molecule has 38 heavy (non-hydrogen) atoms. The molecular weight excluding hydrogens is 500 g/mol. The maximum atomic E-state index is 12.8. The number of aliphatic hydroxyl groups is 1. The summed E-state index contributed by atoms with van der Waals surface area (Å²) in [5, 5.41) is 12.3. The molecule has 0 spiro atoms. The van der Waals surface area contributed by atoms with Crippen molar-refractivity contribution in [1.82, 2.24) is 0 Å². The van der Waals surface area contributed by atoms with E-state index in [0.717, 1.165) is 6.92 Å². The van der Waals surface area contributed by atoms with Crippen LogP contribution < -0.4 is 0 Å². The average Bonchev–Trinajstić information content (AvgIpc) is 3.04. The first kappa shape index (κ1) is 29.3. The van der Waals surface area contributed by atoms with Gasteiger partial charge < -0.3 is 28.8 Å². The summed E-state index contributed by atoms with van der Waals surface area (Å²) in [4.78, 5) is 62.5. The van der Waals surface area contributed by atoms with Gasteiger partial charge in [-0.2, -0.15) is 0 Å².